The van der Waals surface area contributed by atoms with Crippen LogP contribution < -0.4 is 5.73 Å². The number of ketones is 1. The first-order valence-electron chi connectivity index (χ1n) is 10.1. The number of rotatable bonds is 10. The minimum Gasteiger partial charge on any atom is -0.401 e. The maximum absolute atomic E-state index is 12.4. The summed E-state index contributed by atoms with van der Waals surface area (Å²) in [5.41, 5.74) is 7.93. The minimum absolute atomic E-state index is 0.00774. The van der Waals surface area contributed by atoms with Crippen LogP contribution in [0.3, 0.4) is 0 Å². The number of aromatic nitrogens is 4. The highest BCUT2D eigenvalue weighted by atomic mass is 32.2. The van der Waals surface area contributed by atoms with Crippen LogP contribution in [0.15, 0.2) is 46.9 Å². The predicted octanol–water partition coefficient (Wildman–Crippen LogP) is 4.42. The fourth-order valence-electron chi connectivity index (χ4n) is 3.32. The molecule has 2 aromatic heterocycles. The van der Waals surface area contributed by atoms with Crippen LogP contribution >= 0.6 is 11.8 Å². The number of thioether (sulfide) groups is 1. The highest BCUT2D eigenvalue weighted by Crippen LogP contribution is 2.30. The van der Waals surface area contributed by atoms with Gasteiger partial charge in [0.15, 0.2) is 16.8 Å². The number of hydrogen-bond donors (Lipinski definition) is 2. The normalized spacial score (nSPS) is 12.0. The van der Waals surface area contributed by atoms with E-state index in [1.807, 2.05) is 30.5 Å². The zero-order chi connectivity index (χ0) is 21.5. The number of allylic oxidation sites excluding steroid dienone is 2. The molecule has 0 amide bonds. The molecular formula is C22H26N6OS. The minimum atomic E-state index is -0.295. The summed E-state index contributed by atoms with van der Waals surface area (Å²) in [6.45, 7) is 4.52. The van der Waals surface area contributed by atoms with Gasteiger partial charge in [-0.05, 0) is 19.4 Å². The maximum atomic E-state index is 12.4. The molecule has 0 radical (unpaired) electrons. The quantitative estimate of drug-likeness (QED) is 0.216. The molecule has 2 heterocycles. The lowest BCUT2D eigenvalue weighted by atomic mass is 10.1. The molecule has 0 unspecified atom stereocenters. The number of nitriles is 1. The first-order valence-corrected chi connectivity index (χ1v) is 11.1. The van der Waals surface area contributed by atoms with Crippen molar-refractivity contribution in [3.8, 4) is 17.5 Å². The van der Waals surface area contributed by atoms with Crippen LogP contribution in [-0.2, 0) is 11.3 Å². The first-order chi connectivity index (χ1) is 14.6. The van der Waals surface area contributed by atoms with Crippen molar-refractivity contribution in [3.63, 3.8) is 0 Å². The van der Waals surface area contributed by atoms with E-state index >= 15 is 0 Å². The zero-order valence-corrected chi connectivity index (χ0v) is 18.1. The van der Waals surface area contributed by atoms with Crippen molar-refractivity contribution in [3.05, 3.63) is 41.7 Å². The molecule has 0 bridgehead atoms. The van der Waals surface area contributed by atoms with Gasteiger partial charge in [-0.1, -0.05) is 56.1 Å². The monoisotopic (exact) mass is 422 g/mol. The molecule has 0 saturated heterocycles. The second kappa shape index (κ2) is 10.1. The van der Waals surface area contributed by atoms with Crippen LogP contribution in [0.25, 0.3) is 22.3 Å². The number of fused-ring (bicyclic) bond motifs is 1. The Kier molecular flexibility index (Phi) is 7.31. The Morgan fingerprint density at radius 2 is 2.07 bits per heavy atom. The number of para-hydroxylation sites is 1. The van der Waals surface area contributed by atoms with Crippen molar-refractivity contribution in [1.29, 1.82) is 5.26 Å². The summed E-state index contributed by atoms with van der Waals surface area (Å²) in [5, 5.41) is 19.7. The van der Waals surface area contributed by atoms with Crippen molar-refractivity contribution < 1.29 is 4.79 Å². The van der Waals surface area contributed by atoms with Gasteiger partial charge in [0.05, 0.1) is 5.75 Å². The lowest BCUT2D eigenvalue weighted by Crippen LogP contribution is -2.11. The van der Waals surface area contributed by atoms with Crippen LogP contribution in [-0.4, -0.2) is 31.3 Å². The molecule has 3 rings (SSSR count). The molecule has 0 spiro atoms. The molecule has 0 aliphatic rings. The molecule has 0 fully saturated rings. The number of Topliss-reactive ketones (excluding diaryl/α,β-unsaturated/α-hetero) is 1. The third-order valence-corrected chi connectivity index (χ3v) is 5.87. The number of nitrogens with two attached hydrogens (primary N) is 1. The van der Waals surface area contributed by atoms with Crippen molar-refractivity contribution in [2.45, 2.75) is 51.2 Å². The third kappa shape index (κ3) is 4.74. The van der Waals surface area contributed by atoms with Gasteiger partial charge in [0, 0.05) is 34.9 Å². The van der Waals surface area contributed by atoms with E-state index in [4.69, 9.17) is 11.0 Å². The first kappa shape index (κ1) is 21.7. The highest BCUT2D eigenvalue weighted by molar-refractivity contribution is 7.99. The van der Waals surface area contributed by atoms with Gasteiger partial charge < -0.3 is 15.3 Å². The number of H-pyrrole nitrogens is 1. The number of hydrogen-bond acceptors (Lipinski definition) is 6. The van der Waals surface area contributed by atoms with Crippen molar-refractivity contribution in [1.82, 2.24) is 19.7 Å². The Morgan fingerprint density at radius 3 is 2.80 bits per heavy atom. The Morgan fingerprint density at radius 1 is 1.27 bits per heavy atom. The van der Waals surface area contributed by atoms with Crippen molar-refractivity contribution >= 4 is 28.4 Å². The van der Waals surface area contributed by atoms with Crippen LogP contribution in [0.2, 0.25) is 0 Å². The van der Waals surface area contributed by atoms with Gasteiger partial charge in [0.1, 0.15) is 11.6 Å². The summed E-state index contributed by atoms with van der Waals surface area (Å²) in [7, 11) is 0. The SMILES string of the molecule is CCCCCCn1c(SCC(=O)/C(C#N)=C(\C)N)nnc1-c1c[nH]c2ccccc12. The van der Waals surface area contributed by atoms with E-state index in [1.165, 1.54) is 18.2 Å². The van der Waals surface area contributed by atoms with E-state index in [0.717, 1.165) is 48.1 Å². The van der Waals surface area contributed by atoms with E-state index in [2.05, 4.69) is 32.7 Å². The van der Waals surface area contributed by atoms with Gasteiger partial charge in [0.2, 0.25) is 0 Å². The number of benzene rings is 1. The van der Waals surface area contributed by atoms with Gasteiger partial charge in [-0.25, -0.2) is 0 Å². The number of carbonyl (C=O) groups excluding carboxylic acids is 1. The number of carbonyl (C=O) groups is 1. The van der Waals surface area contributed by atoms with Crippen molar-refractivity contribution in [2.75, 3.05) is 5.75 Å². The lowest BCUT2D eigenvalue weighted by Gasteiger charge is -2.10. The Hall–Kier alpha value is -3.05. The second-order valence-electron chi connectivity index (χ2n) is 7.15. The average molecular weight is 423 g/mol. The molecule has 3 aromatic rings. The molecule has 1 aromatic carbocycles. The van der Waals surface area contributed by atoms with E-state index in [0.29, 0.717) is 5.16 Å². The van der Waals surface area contributed by atoms with Gasteiger partial charge in [-0.3, -0.25) is 4.79 Å². The standard InChI is InChI=1S/C22H26N6OS/c1-3-4-5-8-11-28-21(18-13-25-19-10-7-6-9-16(18)19)26-27-22(28)30-14-20(29)17(12-23)15(2)24/h6-7,9-10,13,25H,3-5,8,11,14,24H2,1-2H3/b17-15+. The predicted molar refractivity (Wildman–Crippen MR) is 120 cm³/mol. The molecule has 3 N–H and O–H groups in total. The van der Waals surface area contributed by atoms with Crippen LogP contribution in [0.5, 0.6) is 0 Å². The molecule has 0 atom stereocenters. The fraction of sp³-hybridized carbons (Fsp3) is 0.364. The summed E-state index contributed by atoms with van der Waals surface area (Å²) < 4.78 is 2.08. The van der Waals surface area contributed by atoms with Crippen LogP contribution in [0.4, 0.5) is 0 Å². The van der Waals surface area contributed by atoms with Crippen molar-refractivity contribution in [2.24, 2.45) is 5.73 Å². The molecule has 0 aliphatic carbocycles. The molecule has 0 saturated carbocycles. The van der Waals surface area contributed by atoms with Gasteiger partial charge >= 0.3 is 0 Å². The summed E-state index contributed by atoms with van der Waals surface area (Å²) in [5.74, 6) is 0.583. The maximum Gasteiger partial charge on any atom is 0.191 e. The summed E-state index contributed by atoms with van der Waals surface area (Å²) >= 11 is 1.29. The number of nitrogens with one attached hydrogen (secondary N) is 1. The number of nitrogens with zero attached hydrogens (tertiary/aromatic N) is 4. The Bertz CT molecular complexity index is 1100. The second-order valence-corrected chi connectivity index (χ2v) is 8.09. The van der Waals surface area contributed by atoms with E-state index in [1.54, 1.807) is 6.92 Å². The number of aromatic amines is 1. The fourth-order valence-corrected chi connectivity index (χ4v) is 4.16. The molecule has 156 valence electrons. The molecule has 8 heteroatoms. The summed E-state index contributed by atoms with van der Waals surface area (Å²) in [6, 6.07) is 9.97. The van der Waals surface area contributed by atoms with Gasteiger partial charge in [-0.2, -0.15) is 5.26 Å². The summed E-state index contributed by atoms with van der Waals surface area (Å²) in [4.78, 5) is 15.7. The molecule has 0 aliphatic heterocycles. The van der Waals surface area contributed by atoms with Gasteiger partial charge in [-0.15, -0.1) is 10.2 Å². The van der Waals surface area contributed by atoms with E-state index in [-0.39, 0.29) is 22.8 Å². The molecule has 7 nitrogen and oxygen atoms in total. The topological polar surface area (TPSA) is 113 Å². The van der Waals surface area contributed by atoms with E-state index in [9.17, 15) is 4.79 Å². The van der Waals surface area contributed by atoms with Crippen LogP contribution in [0.1, 0.15) is 39.5 Å². The third-order valence-electron chi connectivity index (χ3n) is 4.90. The van der Waals surface area contributed by atoms with Gasteiger partial charge in [0.25, 0.3) is 0 Å². The summed E-state index contributed by atoms with van der Waals surface area (Å²) in [6.07, 6.45) is 6.42. The Labute approximate surface area is 180 Å². The highest BCUT2D eigenvalue weighted by Gasteiger charge is 2.19. The van der Waals surface area contributed by atoms with Crippen LogP contribution in [0, 0.1) is 11.3 Å². The zero-order valence-electron chi connectivity index (χ0n) is 17.3. The Balaban J connectivity index is 1.89. The number of unbranched alkanes of at least 4 members (excludes halogenated alkanes) is 3. The molecule has 30 heavy (non-hydrogen) atoms. The van der Waals surface area contributed by atoms with E-state index < -0.39 is 0 Å². The molecular weight excluding hydrogens is 396 g/mol. The average Bonchev–Trinajstić information content (AvgIpc) is 3.33. The largest absolute Gasteiger partial charge is 0.401 e. The lowest BCUT2D eigenvalue weighted by molar-refractivity contribution is -0.112. The smallest absolute Gasteiger partial charge is 0.191 e.